The van der Waals surface area contributed by atoms with Crippen LogP contribution in [-0.2, 0) is 0 Å². The summed E-state index contributed by atoms with van der Waals surface area (Å²) in [7, 11) is 0. The molecular formula is C16H15N3. The van der Waals surface area contributed by atoms with Crippen LogP contribution in [-0.4, -0.2) is 9.97 Å². The van der Waals surface area contributed by atoms with Crippen LogP contribution in [0.1, 0.15) is 5.56 Å². The number of hydrogen-bond acceptors (Lipinski definition) is 2. The van der Waals surface area contributed by atoms with Gasteiger partial charge in [-0.15, -0.1) is 0 Å². The maximum absolute atomic E-state index is 5.69. The Hall–Kier alpha value is -2.55. The first kappa shape index (κ1) is 11.5. The topological polar surface area (TPSA) is 54.7 Å². The van der Waals surface area contributed by atoms with Gasteiger partial charge in [0.2, 0.25) is 0 Å². The zero-order chi connectivity index (χ0) is 13.2. The molecule has 0 fully saturated rings. The highest BCUT2D eigenvalue weighted by Crippen LogP contribution is 2.23. The third-order valence-corrected chi connectivity index (χ3v) is 3.09. The highest BCUT2D eigenvalue weighted by molar-refractivity contribution is 5.65. The summed E-state index contributed by atoms with van der Waals surface area (Å²) < 4.78 is 0. The molecular weight excluding hydrogens is 234 g/mol. The maximum Gasteiger partial charge on any atom is 0.137 e. The Morgan fingerprint density at radius 1 is 1.00 bits per heavy atom. The summed E-state index contributed by atoms with van der Waals surface area (Å²) in [4.78, 5) is 7.77. The molecule has 0 atom stereocenters. The van der Waals surface area contributed by atoms with Gasteiger partial charge in [0.1, 0.15) is 5.82 Å². The van der Waals surface area contributed by atoms with Crippen molar-refractivity contribution in [1.29, 1.82) is 0 Å². The Kier molecular flexibility index (Phi) is 2.80. The van der Waals surface area contributed by atoms with Gasteiger partial charge in [-0.2, -0.15) is 0 Å². The van der Waals surface area contributed by atoms with Crippen LogP contribution in [0.25, 0.3) is 22.6 Å². The van der Waals surface area contributed by atoms with Crippen LogP contribution in [0, 0.1) is 6.92 Å². The highest BCUT2D eigenvalue weighted by Gasteiger charge is 2.05. The molecule has 0 aliphatic carbocycles. The lowest BCUT2D eigenvalue weighted by molar-refractivity contribution is 1.31. The summed E-state index contributed by atoms with van der Waals surface area (Å²) in [5, 5.41) is 0. The molecule has 94 valence electrons. The second-order valence-corrected chi connectivity index (χ2v) is 4.64. The van der Waals surface area contributed by atoms with Crippen LogP contribution in [0.15, 0.2) is 54.7 Å². The normalized spacial score (nSPS) is 10.6. The molecule has 19 heavy (non-hydrogen) atoms. The van der Waals surface area contributed by atoms with Crippen molar-refractivity contribution in [2.75, 3.05) is 5.73 Å². The molecule has 0 radical (unpaired) electrons. The molecule has 2 aromatic carbocycles. The van der Waals surface area contributed by atoms with E-state index in [4.69, 9.17) is 5.73 Å². The van der Waals surface area contributed by atoms with Gasteiger partial charge in [0, 0.05) is 11.3 Å². The summed E-state index contributed by atoms with van der Waals surface area (Å²) in [6.07, 6.45) is 1.86. The molecule has 3 nitrogen and oxygen atoms in total. The Morgan fingerprint density at radius 2 is 1.79 bits per heavy atom. The van der Waals surface area contributed by atoms with Gasteiger partial charge in [-0.25, -0.2) is 4.98 Å². The van der Waals surface area contributed by atoms with Crippen LogP contribution in [0.4, 0.5) is 5.69 Å². The van der Waals surface area contributed by atoms with Crippen LogP contribution in [0.2, 0.25) is 0 Å². The van der Waals surface area contributed by atoms with E-state index >= 15 is 0 Å². The lowest BCUT2D eigenvalue weighted by atomic mass is 10.1. The van der Waals surface area contributed by atoms with Crippen molar-refractivity contribution in [3.8, 4) is 22.6 Å². The third-order valence-electron chi connectivity index (χ3n) is 3.09. The van der Waals surface area contributed by atoms with E-state index in [0.29, 0.717) is 0 Å². The van der Waals surface area contributed by atoms with Gasteiger partial charge >= 0.3 is 0 Å². The molecule has 0 amide bonds. The monoisotopic (exact) mass is 249 g/mol. The van der Waals surface area contributed by atoms with Gasteiger partial charge in [-0.05, 0) is 42.8 Å². The Balaban J connectivity index is 1.97. The van der Waals surface area contributed by atoms with E-state index in [2.05, 4.69) is 35.1 Å². The molecule has 0 saturated carbocycles. The Labute approximate surface area is 112 Å². The van der Waals surface area contributed by atoms with E-state index in [0.717, 1.165) is 28.3 Å². The quantitative estimate of drug-likeness (QED) is 0.681. The number of anilines is 1. The number of imidazole rings is 1. The number of aryl methyl sites for hydroxylation is 1. The van der Waals surface area contributed by atoms with Crippen LogP contribution >= 0.6 is 0 Å². The zero-order valence-electron chi connectivity index (χ0n) is 10.7. The predicted molar refractivity (Wildman–Crippen MR) is 78.6 cm³/mol. The van der Waals surface area contributed by atoms with Gasteiger partial charge in [-0.1, -0.05) is 23.8 Å². The van der Waals surface area contributed by atoms with E-state index in [1.165, 1.54) is 5.56 Å². The molecule has 3 rings (SSSR count). The van der Waals surface area contributed by atoms with E-state index in [9.17, 15) is 0 Å². The number of nitrogen functional groups attached to an aromatic ring is 1. The number of aromatic amines is 1. The number of H-pyrrole nitrogens is 1. The summed E-state index contributed by atoms with van der Waals surface area (Å²) >= 11 is 0. The molecule has 0 bridgehead atoms. The van der Waals surface area contributed by atoms with E-state index in [1.807, 2.05) is 36.5 Å². The summed E-state index contributed by atoms with van der Waals surface area (Å²) in [6.45, 7) is 2.08. The van der Waals surface area contributed by atoms with Gasteiger partial charge in [0.05, 0.1) is 11.9 Å². The van der Waals surface area contributed by atoms with Gasteiger partial charge in [0.25, 0.3) is 0 Å². The lowest BCUT2D eigenvalue weighted by Gasteiger charge is -2.00. The smallest absolute Gasteiger partial charge is 0.137 e. The average molecular weight is 249 g/mol. The van der Waals surface area contributed by atoms with Gasteiger partial charge < -0.3 is 10.7 Å². The largest absolute Gasteiger partial charge is 0.399 e. The number of nitrogens with two attached hydrogens (primary N) is 1. The highest BCUT2D eigenvalue weighted by atomic mass is 14.9. The number of hydrogen-bond donors (Lipinski definition) is 2. The molecule has 3 heteroatoms. The first-order chi connectivity index (χ1) is 9.22. The molecule has 1 aromatic heterocycles. The van der Waals surface area contributed by atoms with Crippen molar-refractivity contribution in [1.82, 2.24) is 9.97 Å². The molecule has 1 heterocycles. The van der Waals surface area contributed by atoms with E-state index < -0.39 is 0 Å². The summed E-state index contributed by atoms with van der Waals surface area (Å²) in [6, 6.07) is 16.0. The van der Waals surface area contributed by atoms with Gasteiger partial charge in [-0.3, -0.25) is 0 Å². The minimum Gasteiger partial charge on any atom is -0.399 e. The van der Waals surface area contributed by atoms with Gasteiger partial charge in [0.15, 0.2) is 0 Å². The average Bonchev–Trinajstić information content (AvgIpc) is 2.89. The first-order valence-electron chi connectivity index (χ1n) is 6.20. The lowest BCUT2D eigenvalue weighted by Crippen LogP contribution is -1.85. The predicted octanol–water partition coefficient (Wildman–Crippen LogP) is 3.63. The minimum atomic E-state index is 0.759. The molecule has 0 unspecified atom stereocenters. The van der Waals surface area contributed by atoms with E-state index in [-0.39, 0.29) is 0 Å². The van der Waals surface area contributed by atoms with Crippen molar-refractivity contribution in [2.24, 2.45) is 0 Å². The van der Waals surface area contributed by atoms with Crippen LogP contribution in [0.3, 0.4) is 0 Å². The van der Waals surface area contributed by atoms with Crippen molar-refractivity contribution >= 4 is 5.69 Å². The van der Waals surface area contributed by atoms with Crippen molar-refractivity contribution < 1.29 is 0 Å². The molecule has 0 saturated heterocycles. The first-order valence-corrected chi connectivity index (χ1v) is 6.20. The van der Waals surface area contributed by atoms with E-state index in [1.54, 1.807) is 0 Å². The fraction of sp³-hybridized carbons (Fsp3) is 0.0625. The van der Waals surface area contributed by atoms with Crippen molar-refractivity contribution in [3.05, 3.63) is 60.3 Å². The number of rotatable bonds is 2. The SMILES string of the molecule is Cc1cccc(-c2cnc(-c3ccc(N)cc3)[nH]2)c1. The fourth-order valence-corrected chi connectivity index (χ4v) is 2.07. The molecule has 0 spiro atoms. The molecule has 0 aliphatic rings. The second kappa shape index (κ2) is 4.61. The minimum absolute atomic E-state index is 0.759. The standard InChI is InChI=1S/C16H15N3/c1-11-3-2-4-13(9-11)15-10-18-16(19-15)12-5-7-14(17)8-6-12/h2-10H,17H2,1H3,(H,18,19). The van der Waals surface area contributed by atoms with Crippen LogP contribution < -0.4 is 5.73 Å². The second-order valence-electron chi connectivity index (χ2n) is 4.64. The third kappa shape index (κ3) is 2.36. The molecule has 3 N–H and O–H groups in total. The number of nitrogens with one attached hydrogen (secondary N) is 1. The van der Waals surface area contributed by atoms with Crippen molar-refractivity contribution in [3.63, 3.8) is 0 Å². The number of nitrogens with zero attached hydrogens (tertiary/aromatic N) is 1. The fourth-order valence-electron chi connectivity index (χ4n) is 2.07. The zero-order valence-corrected chi connectivity index (χ0v) is 10.7. The summed E-state index contributed by atoms with van der Waals surface area (Å²) in [5.41, 5.74) is 10.9. The summed E-state index contributed by atoms with van der Waals surface area (Å²) in [5.74, 6) is 0.858. The maximum atomic E-state index is 5.69. The molecule has 3 aromatic rings. The Morgan fingerprint density at radius 3 is 2.53 bits per heavy atom. The van der Waals surface area contributed by atoms with Crippen LogP contribution in [0.5, 0.6) is 0 Å². The van der Waals surface area contributed by atoms with Crippen molar-refractivity contribution in [2.45, 2.75) is 6.92 Å². The molecule has 0 aliphatic heterocycles. The Bertz CT molecular complexity index is 696. The number of benzene rings is 2. The number of aromatic nitrogens is 2.